The Morgan fingerprint density at radius 3 is 2.63 bits per heavy atom. The number of halogens is 2. The SMILES string of the molecule is CC(Oc1cc(-c2cnc3ccc(C#N)cn23)sc1C(N)=O)c1ccc(CNC(C)(C)C)cc1OC(F)F. The fraction of sp³-hybridized carbons (Fsp3) is 0.296. The summed E-state index contributed by atoms with van der Waals surface area (Å²) in [5.41, 5.74) is 8.35. The van der Waals surface area contributed by atoms with Gasteiger partial charge in [-0.1, -0.05) is 12.1 Å². The minimum absolute atomic E-state index is 0.0115. The summed E-state index contributed by atoms with van der Waals surface area (Å²) in [4.78, 5) is 17.4. The lowest BCUT2D eigenvalue weighted by Crippen LogP contribution is -2.35. The van der Waals surface area contributed by atoms with Gasteiger partial charge >= 0.3 is 6.61 Å². The molecule has 4 aromatic rings. The van der Waals surface area contributed by atoms with Crippen LogP contribution in [0, 0.1) is 11.3 Å². The maximum Gasteiger partial charge on any atom is 0.387 e. The van der Waals surface area contributed by atoms with Crippen LogP contribution in [0.25, 0.3) is 16.2 Å². The van der Waals surface area contributed by atoms with E-state index in [1.165, 1.54) is 0 Å². The third-order valence-corrected chi connectivity index (χ3v) is 6.82. The van der Waals surface area contributed by atoms with Gasteiger partial charge in [0.15, 0.2) is 0 Å². The number of carbonyl (C=O) groups is 1. The minimum atomic E-state index is -3.02. The van der Waals surface area contributed by atoms with Gasteiger partial charge in [0.25, 0.3) is 5.91 Å². The number of benzene rings is 1. The van der Waals surface area contributed by atoms with Crippen LogP contribution in [0.1, 0.15) is 60.2 Å². The Morgan fingerprint density at radius 1 is 1.21 bits per heavy atom. The molecule has 0 radical (unpaired) electrons. The number of primary amides is 1. The molecule has 1 unspecified atom stereocenters. The van der Waals surface area contributed by atoms with Crippen molar-refractivity contribution in [3.05, 3.63) is 70.4 Å². The van der Waals surface area contributed by atoms with Crippen molar-refractivity contribution in [1.29, 1.82) is 5.26 Å². The number of hydrogen-bond donors (Lipinski definition) is 2. The first-order valence-corrected chi connectivity index (χ1v) is 12.6. The highest BCUT2D eigenvalue weighted by molar-refractivity contribution is 7.17. The largest absolute Gasteiger partial charge is 0.484 e. The molecule has 3 N–H and O–H groups in total. The number of imidazole rings is 1. The number of carbonyl (C=O) groups excluding carboxylic acids is 1. The van der Waals surface area contributed by atoms with Gasteiger partial charge in [0.2, 0.25) is 0 Å². The van der Waals surface area contributed by atoms with Gasteiger partial charge in [0, 0.05) is 29.9 Å². The second-order valence-electron chi connectivity index (χ2n) is 9.68. The molecule has 4 rings (SSSR count). The maximum atomic E-state index is 13.2. The molecule has 0 saturated heterocycles. The summed E-state index contributed by atoms with van der Waals surface area (Å²) in [6.45, 7) is 5.15. The highest BCUT2D eigenvalue weighted by atomic mass is 32.1. The predicted octanol–water partition coefficient (Wildman–Crippen LogP) is 5.66. The molecule has 198 valence electrons. The van der Waals surface area contributed by atoms with E-state index >= 15 is 0 Å². The van der Waals surface area contributed by atoms with E-state index in [2.05, 4.69) is 16.4 Å². The van der Waals surface area contributed by atoms with Crippen molar-refractivity contribution >= 4 is 22.9 Å². The molecular weight excluding hydrogens is 512 g/mol. The number of nitrogens with one attached hydrogen (secondary N) is 1. The van der Waals surface area contributed by atoms with Crippen LogP contribution in [0.3, 0.4) is 0 Å². The third-order valence-electron chi connectivity index (χ3n) is 5.67. The van der Waals surface area contributed by atoms with Crippen LogP contribution in [-0.2, 0) is 6.54 Å². The first-order valence-electron chi connectivity index (χ1n) is 11.8. The van der Waals surface area contributed by atoms with Crippen molar-refractivity contribution < 1.29 is 23.0 Å². The number of rotatable bonds is 9. The number of hydrogen-bond acceptors (Lipinski definition) is 7. The summed E-state index contributed by atoms with van der Waals surface area (Å²) in [7, 11) is 0. The molecule has 0 saturated carbocycles. The molecule has 1 atom stereocenters. The smallest absolute Gasteiger partial charge is 0.387 e. The number of amides is 1. The van der Waals surface area contributed by atoms with Crippen molar-refractivity contribution in [2.24, 2.45) is 5.73 Å². The normalized spacial score (nSPS) is 12.5. The lowest BCUT2D eigenvalue weighted by atomic mass is 10.0. The molecule has 0 aliphatic rings. The second-order valence-corrected chi connectivity index (χ2v) is 10.7. The van der Waals surface area contributed by atoms with Gasteiger partial charge in [-0.05, 0) is 51.5 Å². The van der Waals surface area contributed by atoms with Crippen LogP contribution in [0.15, 0.2) is 48.8 Å². The van der Waals surface area contributed by atoms with Crippen LogP contribution in [-0.4, -0.2) is 27.4 Å². The zero-order valence-electron chi connectivity index (χ0n) is 21.3. The number of nitriles is 1. The summed E-state index contributed by atoms with van der Waals surface area (Å²) in [5, 5.41) is 12.6. The Kier molecular flexibility index (Phi) is 7.66. The van der Waals surface area contributed by atoms with E-state index in [-0.39, 0.29) is 21.9 Å². The first kappa shape index (κ1) is 27.0. The molecule has 0 bridgehead atoms. The topological polar surface area (TPSA) is 115 Å². The van der Waals surface area contributed by atoms with Crippen molar-refractivity contribution in [3.63, 3.8) is 0 Å². The summed E-state index contributed by atoms with van der Waals surface area (Å²) in [6.07, 6.45) is 2.52. The van der Waals surface area contributed by atoms with Crippen molar-refractivity contribution in [2.75, 3.05) is 0 Å². The molecule has 0 spiro atoms. The molecule has 1 aromatic carbocycles. The third kappa shape index (κ3) is 6.10. The van der Waals surface area contributed by atoms with E-state index in [1.54, 1.807) is 54.0 Å². The van der Waals surface area contributed by atoms with E-state index in [1.807, 2.05) is 26.8 Å². The number of thiophene rings is 1. The number of ether oxygens (including phenoxy) is 2. The van der Waals surface area contributed by atoms with Gasteiger partial charge < -0.3 is 20.5 Å². The highest BCUT2D eigenvalue weighted by Crippen LogP contribution is 2.39. The van der Waals surface area contributed by atoms with Gasteiger partial charge in [-0.15, -0.1) is 11.3 Å². The van der Waals surface area contributed by atoms with Crippen LogP contribution in [0.4, 0.5) is 8.78 Å². The number of nitrogens with two attached hydrogens (primary N) is 1. The highest BCUT2D eigenvalue weighted by Gasteiger charge is 2.23. The zero-order valence-corrected chi connectivity index (χ0v) is 22.1. The Hall–Kier alpha value is -4.01. The van der Waals surface area contributed by atoms with Crippen LogP contribution < -0.4 is 20.5 Å². The molecule has 1 amide bonds. The summed E-state index contributed by atoms with van der Waals surface area (Å²) < 4.78 is 39.1. The number of fused-ring (bicyclic) bond motifs is 1. The van der Waals surface area contributed by atoms with Crippen LogP contribution in [0.5, 0.6) is 11.5 Å². The van der Waals surface area contributed by atoms with Crippen LogP contribution >= 0.6 is 11.3 Å². The predicted molar refractivity (Wildman–Crippen MR) is 140 cm³/mol. The standard InChI is InChI=1S/C27H27F2N5O3S/c1-15(18-7-5-16(12-33-27(2,3)4)9-20(18)37-26(28)29)36-21-10-22(38-24(21)25(31)35)19-13-32-23-8-6-17(11-30)14-34(19)23/h5-10,13-15,26,33H,12H2,1-4H3,(H2,31,35). The van der Waals surface area contributed by atoms with Gasteiger partial charge in [-0.3, -0.25) is 9.20 Å². The van der Waals surface area contributed by atoms with E-state index in [0.29, 0.717) is 33.9 Å². The number of pyridine rings is 1. The van der Waals surface area contributed by atoms with E-state index in [0.717, 1.165) is 16.9 Å². The lowest BCUT2D eigenvalue weighted by molar-refractivity contribution is -0.0513. The van der Waals surface area contributed by atoms with Gasteiger partial charge in [0.1, 0.15) is 34.2 Å². The summed E-state index contributed by atoms with van der Waals surface area (Å²) in [5.74, 6) is -0.497. The molecule has 0 aliphatic heterocycles. The molecule has 0 aliphatic carbocycles. The Morgan fingerprint density at radius 2 is 1.97 bits per heavy atom. The van der Waals surface area contributed by atoms with Gasteiger partial charge in [-0.25, -0.2) is 4.98 Å². The molecule has 11 heteroatoms. The quantitative estimate of drug-likeness (QED) is 0.284. The van der Waals surface area contributed by atoms with Gasteiger partial charge in [-0.2, -0.15) is 14.0 Å². The molecule has 3 aromatic heterocycles. The van der Waals surface area contributed by atoms with Crippen molar-refractivity contribution in [1.82, 2.24) is 14.7 Å². The van der Waals surface area contributed by atoms with Crippen LogP contribution in [0.2, 0.25) is 0 Å². The second kappa shape index (κ2) is 10.8. The summed E-state index contributed by atoms with van der Waals surface area (Å²) in [6, 6.07) is 12.2. The lowest BCUT2D eigenvalue weighted by Gasteiger charge is -2.22. The first-order chi connectivity index (χ1) is 17.9. The van der Waals surface area contributed by atoms with Crippen molar-refractivity contribution in [2.45, 2.75) is 52.5 Å². The number of alkyl halides is 2. The minimum Gasteiger partial charge on any atom is -0.484 e. The Bertz CT molecular complexity index is 1520. The van der Waals surface area contributed by atoms with Gasteiger partial charge in [0.05, 0.1) is 22.3 Å². The maximum absolute atomic E-state index is 13.2. The number of nitrogens with zero attached hydrogens (tertiary/aromatic N) is 3. The number of aromatic nitrogens is 2. The fourth-order valence-corrected chi connectivity index (χ4v) is 4.78. The fourth-order valence-electron chi connectivity index (χ4n) is 3.83. The zero-order chi connectivity index (χ0) is 27.6. The van der Waals surface area contributed by atoms with Crippen molar-refractivity contribution in [3.8, 4) is 28.1 Å². The average molecular weight is 540 g/mol. The molecule has 3 heterocycles. The average Bonchev–Trinajstić information content (AvgIpc) is 3.45. The molecule has 38 heavy (non-hydrogen) atoms. The Labute approximate surface area is 222 Å². The summed E-state index contributed by atoms with van der Waals surface area (Å²) >= 11 is 1.11. The van der Waals surface area contributed by atoms with E-state index in [9.17, 15) is 18.8 Å². The molecule has 0 fully saturated rings. The monoisotopic (exact) mass is 539 g/mol. The van der Waals surface area contributed by atoms with E-state index < -0.39 is 18.6 Å². The molecular formula is C27H27F2N5O3S. The Balaban J connectivity index is 1.66. The van der Waals surface area contributed by atoms with E-state index in [4.69, 9.17) is 15.2 Å². The molecule has 8 nitrogen and oxygen atoms in total.